The Labute approximate surface area is 178 Å². The number of piperazine rings is 1. The van der Waals surface area contributed by atoms with Crippen LogP contribution in [0.3, 0.4) is 0 Å². The number of aromatic nitrogens is 3. The molecule has 2 atom stereocenters. The lowest BCUT2D eigenvalue weighted by atomic mass is 9.91. The Balaban J connectivity index is 1.68. The van der Waals surface area contributed by atoms with Crippen LogP contribution in [0.1, 0.15) is 40.0 Å². The van der Waals surface area contributed by atoms with Crippen molar-refractivity contribution in [3.63, 3.8) is 0 Å². The van der Waals surface area contributed by atoms with Crippen molar-refractivity contribution in [2.45, 2.75) is 57.7 Å². The van der Waals surface area contributed by atoms with E-state index in [0.717, 1.165) is 19.3 Å². The maximum absolute atomic E-state index is 14.5. The van der Waals surface area contributed by atoms with Crippen molar-refractivity contribution in [2.75, 3.05) is 18.0 Å². The zero-order valence-corrected chi connectivity index (χ0v) is 18.0. The van der Waals surface area contributed by atoms with Crippen LogP contribution in [0.15, 0.2) is 6.20 Å². The van der Waals surface area contributed by atoms with Crippen LogP contribution in [0, 0.1) is 5.82 Å². The van der Waals surface area contributed by atoms with Crippen molar-refractivity contribution < 1.29 is 13.9 Å². The molecule has 0 radical (unpaired) electrons. The van der Waals surface area contributed by atoms with Crippen molar-refractivity contribution >= 4 is 46.0 Å². The van der Waals surface area contributed by atoms with Crippen molar-refractivity contribution in [1.82, 2.24) is 19.9 Å². The molecule has 0 saturated carbocycles. The average molecular weight is 442 g/mol. The van der Waals surface area contributed by atoms with Gasteiger partial charge in [0.2, 0.25) is 5.28 Å². The molecule has 2 aliphatic heterocycles. The summed E-state index contributed by atoms with van der Waals surface area (Å²) in [5.74, 6) is -0.217. The number of rotatable bonds is 1. The van der Waals surface area contributed by atoms with Gasteiger partial charge in [-0.1, -0.05) is 11.6 Å². The van der Waals surface area contributed by atoms with Gasteiger partial charge in [0.15, 0.2) is 11.0 Å². The first kappa shape index (κ1) is 20.3. The Morgan fingerprint density at radius 1 is 1.21 bits per heavy atom. The topological polar surface area (TPSA) is 71.5 Å². The molecule has 0 spiro atoms. The van der Waals surface area contributed by atoms with E-state index in [4.69, 9.17) is 27.9 Å². The first-order chi connectivity index (χ1) is 13.6. The van der Waals surface area contributed by atoms with Gasteiger partial charge >= 0.3 is 6.09 Å². The van der Waals surface area contributed by atoms with Gasteiger partial charge in [-0.25, -0.2) is 19.2 Å². The van der Waals surface area contributed by atoms with Gasteiger partial charge in [-0.15, -0.1) is 0 Å². The molecule has 156 valence electrons. The number of fused-ring (bicyclic) bond motifs is 3. The summed E-state index contributed by atoms with van der Waals surface area (Å²) in [6, 6.07) is -0.0440. The van der Waals surface area contributed by atoms with Crippen LogP contribution in [0.2, 0.25) is 10.4 Å². The minimum Gasteiger partial charge on any atom is -0.444 e. The van der Waals surface area contributed by atoms with E-state index in [0.29, 0.717) is 24.3 Å². The molecule has 10 heteroatoms. The van der Waals surface area contributed by atoms with Crippen LogP contribution in [0.5, 0.6) is 0 Å². The molecule has 2 unspecified atom stereocenters. The Kier molecular flexibility index (Phi) is 5.19. The summed E-state index contributed by atoms with van der Waals surface area (Å²) < 4.78 is 20.1. The van der Waals surface area contributed by atoms with E-state index >= 15 is 0 Å². The number of nitrogens with zero attached hydrogens (tertiary/aromatic N) is 5. The molecule has 2 bridgehead atoms. The molecule has 1 amide bonds. The molecular formula is C19H22Cl2FN5O2. The molecule has 2 saturated heterocycles. The number of halogens is 3. The zero-order chi connectivity index (χ0) is 20.9. The summed E-state index contributed by atoms with van der Waals surface area (Å²) in [5, 5.41) is 0.123. The predicted octanol–water partition coefficient (Wildman–Crippen LogP) is 4.45. The number of ether oxygens (including phenoxy) is 1. The van der Waals surface area contributed by atoms with Crippen LogP contribution >= 0.6 is 23.2 Å². The highest BCUT2D eigenvalue weighted by molar-refractivity contribution is 6.30. The lowest BCUT2D eigenvalue weighted by Gasteiger charge is -2.50. The molecule has 2 fully saturated rings. The van der Waals surface area contributed by atoms with E-state index in [1.807, 2.05) is 30.6 Å². The number of hydrogen-bond donors (Lipinski definition) is 0. The van der Waals surface area contributed by atoms with E-state index in [9.17, 15) is 9.18 Å². The zero-order valence-electron chi connectivity index (χ0n) is 16.5. The summed E-state index contributed by atoms with van der Waals surface area (Å²) in [6.45, 7) is 6.67. The second kappa shape index (κ2) is 7.40. The first-order valence-electron chi connectivity index (χ1n) is 9.57. The number of carbonyl (C=O) groups is 1. The highest BCUT2D eigenvalue weighted by atomic mass is 35.5. The van der Waals surface area contributed by atoms with E-state index in [1.165, 1.54) is 6.20 Å². The van der Waals surface area contributed by atoms with Gasteiger partial charge in [0.25, 0.3) is 0 Å². The molecule has 29 heavy (non-hydrogen) atoms. The Morgan fingerprint density at radius 3 is 2.48 bits per heavy atom. The number of hydrogen-bond acceptors (Lipinski definition) is 6. The van der Waals surface area contributed by atoms with Crippen LogP contribution in [-0.4, -0.2) is 56.7 Å². The van der Waals surface area contributed by atoms with Crippen molar-refractivity contribution in [3.8, 4) is 0 Å². The Morgan fingerprint density at radius 2 is 1.86 bits per heavy atom. The lowest BCUT2D eigenvalue weighted by Crippen LogP contribution is -2.63. The van der Waals surface area contributed by atoms with E-state index in [1.54, 1.807) is 0 Å². The fraction of sp³-hybridized carbons (Fsp3) is 0.579. The van der Waals surface area contributed by atoms with Gasteiger partial charge in [-0.05, 0) is 51.6 Å². The largest absolute Gasteiger partial charge is 0.444 e. The SMILES string of the molecule is CC(C)(C)OC(=O)N1C2CCCC1CN(c1nc(Cl)nc3c(F)c(Cl)ncc13)C2. The monoisotopic (exact) mass is 441 g/mol. The third-order valence-corrected chi connectivity index (χ3v) is 5.65. The van der Waals surface area contributed by atoms with Gasteiger partial charge in [-0.2, -0.15) is 4.98 Å². The smallest absolute Gasteiger partial charge is 0.410 e. The van der Waals surface area contributed by atoms with Crippen molar-refractivity contribution in [3.05, 3.63) is 22.5 Å². The summed E-state index contributed by atoms with van der Waals surface area (Å²) in [4.78, 5) is 28.9. The Bertz CT molecular complexity index is 954. The molecule has 0 aliphatic carbocycles. The molecular weight excluding hydrogens is 420 g/mol. The molecule has 0 N–H and O–H groups in total. The first-order valence-corrected chi connectivity index (χ1v) is 10.3. The highest BCUT2D eigenvalue weighted by Gasteiger charge is 2.42. The summed E-state index contributed by atoms with van der Waals surface area (Å²) in [5.41, 5.74) is -0.513. The molecule has 2 aromatic rings. The van der Waals surface area contributed by atoms with Crippen LogP contribution in [-0.2, 0) is 4.74 Å². The van der Waals surface area contributed by atoms with E-state index in [-0.39, 0.29) is 34.1 Å². The number of carbonyl (C=O) groups excluding carboxylic acids is 1. The van der Waals surface area contributed by atoms with Crippen molar-refractivity contribution in [1.29, 1.82) is 0 Å². The van der Waals surface area contributed by atoms with Gasteiger partial charge in [-0.3, -0.25) is 4.90 Å². The van der Waals surface area contributed by atoms with Gasteiger partial charge in [0, 0.05) is 19.3 Å². The average Bonchev–Trinajstić information content (AvgIpc) is 2.62. The normalized spacial score (nSPS) is 22.1. The van der Waals surface area contributed by atoms with Gasteiger partial charge in [0.05, 0.1) is 17.5 Å². The maximum atomic E-state index is 14.5. The number of pyridine rings is 1. The minimum atomic E-state index is -0.720. The summed E-state index contributed by atoms with van der Waals surface area (Å²) in [7, 11) is 0. The third-order valence-electron chi connectivity index (χ3n) is 5.22. The van der Waals surface area contributed by atoms with Crippen LogP contribution < -0.4 is 4.90 Å². The fourth-order valence-electron chi connectivity index (χ4n) is 4.13. The number of piperidine rings is 1. The number of amides is 1. The second-order valence-corrected chi connectivity index (χ2v) is 9.17. The second-order valence-electron chi connectivity index (χ2n) is 8.47. The molecule has 2 aromatic heterocycles. The summed E-state index contributed by atoms with van der Waals surface area (Å²) in [6.07, 6.45) is 3.93. The quantitative estimate of drug-likeness (QED) is 0.480. The molecule has 7 nitrogen and oxygen atoms in total. The molecule has 4 rings (SSSR count). The predicted molar refractivity (Wildman–Crippen MR) is 109 cm³/mol. The highest BCUT2D eigenvalue weighted by Crippen LogP contribution is 2.35. The van der Waals surface area contributed by atoms with E-state index < -0.39 is 11.4 Å². The van der Waals surface area contributed by atoms with Crippen LogP contribution in [0.4, 0.5) is 15.0 Å². The Hall–Kier alpha value is -1.93. The van der Waals surface area contributed by atoms with E-state index in [2.05, 4.69) is 15.0 Å². The number of anilines is 1. The standard InChI is InChI=1S/C19H22Cl2FN5O2/c1-19(2,3)29-18(28)27-10-5-4-6-11(27)9-26(8-10)16-12-7-23-15(20)13(22)14(12)24-17(21)25-16/h7,10-11H,4-6,8-9H2,1-3H3. The maximum Gasteiger partial charge on any atom is 0.410 e. The summed E-state index contributed by atoms with van der Waals surface area (Å²) >= 11 is 11.9. The van der Waals surface area contributed by atoms with Gasteiger partial charge < -0.3 is 9.64 Å². The minimum absolute atomic E-state index is 0.0220. The molecule has 0 aromatic carbocycles. The third kappa shape index (κ3) is 3.92. The van der Waals surface area contributed by atoms with Crippen LogP contribution in [0.25, 0.3) is 10.9 Å². The lowest BCUT2D eigenvalue weighted by molar-refractivity contribution is -0.00974. The fourth-order valence-corrected chi connectivity index (χ4v) is 4.43. The van der Waals surface area contributed by atoms with Gasteiger partial charge in [0.1, 0.15) is 16.9 Å². The molecule has 2 aliphatic rings. The molecule has 4 heterocycles. The van der Waals surface area contributed by atoms with Crippen molar-refractivity contribution in [2.24, 2.45) is 0 Å².